The van der Waals surface area contributed by atoms with E-state index < -0.39 is 0 Å². The molecule has 1 aliphatic carbocycles. The van der Waals surface area contributed by atoms with Crippen LogP contribution in [0.15, 0.2) is 42.6 Å². The van der Waals surface area contributed by atoms with Gasteiger partial charge in [0, 0.05) is 12.5 Å². The normalized spacial score (nSPS) is 14.8. The third-order valence-electron chi connectivity index (χ3n) is 4.50. The third kappa shape index (κ3) is 4.95. The van der Waals surface area contributed by atoms with E-state index in [1.807, 2.05) is 24.3 Å². The summed E-state index contributed by atoms with van der Waals surface area (Å²) in [6.45, 7) is 0. The van der Waals surface area contributed by atoms with Crippen molar-refractivity contribution in [3.63, 3.8) is 0 Å². The molecule has 25 heavy (non-hydrogen) atoms. The number of nitrogens with one attached hydrogen (secondary N) is 1. The Balaban J connectivity index is 1.55. The highest BCUT2D eigenvalue weighted by atomic mass is 16.5. The monoisotopic (exact) mass is 340 g/mol. The molecule has 5 heteroatoms. The average molecular weight is 340 g/mol. The quantitative estimate of drug-likeness (QED) is 0.821. The van der Waals surface area contributed by atoms with E-state index in [0.717, 1.165) is 12.8 Å². The summed E-state index contributed by atoms with van der Waals surface area (Å²) in [7, 11) is 1.60. The number of nitrogens with zero attached hydrogens (tertiary/aromatic N) is 1. The van der Waals surface area contributed by atoms with Crippen LogP contribution in [0, 0.1) is 5.92 Å². The number of benzene rings is 1. The van der Waals surface area contributed by atoms with Gasteiger partial charge < -0.3 is 14.8 Å². The minimum absolute atomic E-state index is 0.0621. The molecule has 0 aliphatic heterocycles. The van der Waals surface area contributed by atoms with E-state index in [9.17, 15) is 4.79 Å². The number of aromatic nitrogens is 1. The van der Waals surface area contributed by atoms with Gasteiger partial charge in [0.05, 0.1) is 19.0 Å². The van der Waals surface area contributed by atoms with E-state index in [0.29, 0.717) is 35.4 Å². The van der Waals surface area contributed by atoms with Crippen LogP contribution in [0.4, 0.5) is 5.69 Å². The lowest BCUT2D eigenvalue weighted by atomic mass is 9.87. The predicted molar refractivity (Wildman–Crippen MR) is 97.1 cm³/mol. The molecule has 0 bridgehead atoms. The topological polar surface area (TPSA) is 60.5 Å². The fraction of sp³-hybridized carbons (Fsp3) is 0.400. The van der Waals surface area contributed by atoms with Gasteiger partial charge in [0.25, 0.3) is 0 Å². The molecule has 5 nitrogen and oxygen atoms in total. The second-order valence-corrected chi connectivity index (χ2v) is 6.39. The first-order chi connectivity index (χ1) is 12.2. The molecule has 1 aromatic carbocycles. The van der Waals surface area contributed by atoms with Gasteiger partial charge in [-0.2, -0.15) is 0 Å². The summed E-state index contributed by atoms with van der Waals surface area (Å²) in [5, 5.41) is 2.92. The number of pyridine rings is 1. The van der Waals surface area contributed by atoms with Crippen molar-refractivity contribution >= 4 is 11.6 Å². The molecule has 2 aromatic rings. The molecule has 0 radical (unpaired) electrons. The van der Waals surface area contributed by atoms with E-state index in [1.54, 1.807) is 25.4 Å². The lowest BCUT2D eigenvalue weighted by molar-refractivity contribution is -0.117. The minimum Gasteiger partial charge on any atom is -0.493 e. The Labute approximate surface area is 148 Å². The number of carbonyl (C=O) groups is 1. The molecule has 1 N–H and O–H groups in total. The SMILES string of the molecule is COc1ccccc1Oc1ccc(NC(=O)CC2CCCCC2)cn1. The van der Waals surface area contributed by atoms with Crippen LogP contribution in [0.5, 0.6) is 17.4 Å². The summed E-state index contributed by atoms with van der Waals surface area (Å²) in [5.74, 6) is 2.29. The van der Waals surface area contributed by atoms with Crippen LogP contribution in [-0.2, 0) is 4.79 Å². The Morgan fingerprint density at radius 2 is 1.88 bits per heavy atom. The fourth-order valence-electron chi connectivity index (χ4n) is 3.20. The van der Waals surface area contributed by atoms with Crippen molar-refractivity contribution in [2.24, 2.45) is 5.92 Å². The number of carbonyl (C=O) groups excluding carboxylic acids is 1. The molecule has 1 heterocycles. The van der Waals surface area contributed by atoms with Crippen molar-refractivity contribution in [1.82, 2.24) is 4.98 Å². The lowest BCUT2D eigenvalue weighted by Gasteiger charge is -2.20. The Kier molecular flexibility index (Phi) is 5.88. The van der Waals surface area contributed by atoms with E-state index in [4.69, 9.17) is 9.47 Å². The maximum atomic E-state index is 12.2. The first-order valence-electron chi connectivity index (χ1n) is 8.81. The highest BCUT2D eigenvalue weighted by Gasteiger charge is 2.17. The number of amides is 1. The highest BCUT2D eigenvalue weighted by Crippen LogP contribution is 2.30. The maximum absolute atomic E-state index is 12.2. The highest BCUT2D eigenvalue weighted by molar-refractivity contribution is 5.90. The molecule has 0 spiro atoms. The molecule has 1 fully saturated rings. The summed E-state index contributed by atoms with van der Waals surface area (Å²) in [5.41, 5.74) is 0.688. The first-order valence-corrected chi connectivity index (χ1v) is 8.81. The number of ether oxygens (including phenoxy) is 2. The van der Waals surface area contributed by atoms with Crippen LogP contribution in [0.1, 0.15) is 38.5 Å². The summed E-state index contributed by atoms with van der Waals surface area (Å²) in [6, 6.07) is 10.9. The van der Waals surface area contributed by atoms with Gasteiger partial charge >= 0.3 is 0 Å². The van der Waals surface area contributed by atoms with Crippen LogP contribution in [0.2, 0.25) is 0 Å². The van der Waals surface area contributed by atoms with Crippen molar-refractivity contribution in [3.8, 4) is 17.4 Å². The van der Waals surface area contributed by atoms with Gasteiger partial charge in [-0.1, -0.05) is 31.4 Å². The number of hydrogen-bond donors (Lipinski definition) is 1. The van der Waals surface area contributed by atoms with E-state index in [2.05, 4.69) is 10.3 Å². The van der Waals surface area contributed by atoms with Gasteiger partial charge in [-0.15, -0.1) is 0 Å². The Bertz CT molecular complexity index is 694. The zero-order valence-corrected chi connectivity index (χ0v) is 14.5. The van der Waals surface area contributed by atoms with Gasteiger partial charge in [0.2, 0.25) is 11.8 Å². The Hall–Kier alpha value is -2.56. The largest absolute Gasteiger partial charge is 0.493 e. The summed E-state index contributed by atoms with van der Waals surface area (Å²) in [6.07, 6.45) is 8.33. The molecule has 0 saturated heterocycles. The van der Waals surface area contributed by atoms with E-state index in [-0.39, 0.29) is 5.91 Å². The van der Waals surface area contributed by atoms with Crippen LogP contribution >= 0.6 is 0 Å². The maximum Gasteiger partial charge on any atom is 0.224 e. The van der Waals surface area contributed by atoms with Gasteiger partial charge in [0.15, 0.2) is 11.5 Å². The van der Waals surface area contributed by atoms with Crippen molar-refractivity contribution < 1.29 is 14.3 Å². The zero-order chi connectivity index (χ0) is 17.5. The first kappa shape index (κ1) is 17.3. The summed E-state index contributed by atoms with van der Waals surface area (Å²) < 4.78 is 11.0. The average Bonchev–Trinajstić information content (AvgIpc) is 2.64. The standard InChI is InChI=1S/C20H24N2O3/c1-24-17-9-5-6-10-18(17)25-20-12-11-16(14-21-20)22-19(23)13-15-7-3-2-4-8-15/h5-6,9-12,14-15H,2-4,7-8,13H2,1H3,(H,22,23). The molecular weight excluding hydrogens is 316 g/mol. The number of anilines is 1. The molecule has 1 saturated carbocycles. The number of rotatable bonds is 6. The second-order valence-electron chi connectivity index (χ2n) is 6.39. The lowest BCUT2D eigenvalue weighted by Crippen LogP contribution is -2.18. The molecule has 1 aliphatic rings. The van der Waals surface area contributed by atoms with Crippen LogP contribution in [-0.4, -0.2) is 18.0 Å². The molecule has 0 unspecified atom stereocenters. The predicted octanol–water partition coefficient (Wildman–Crippen LogP) is 4.79. The van der Waals surface area contributed by atoms with E-state index >= 15 is 0 Å². The van der Waals surface area contributed by atoms with Gasteiger partial charge in [-0.25, -0.2) is 4.98 Å². The van der Waals surface area contributed by atoms with Crippen molar-refractivity contribution in [1.29, 1.82) is 0 Å². The molecule has 0 atom stereocenters. The summed E-state index contributed by atoms with van der Waals surface area (Å²) >= 11 is 0. The van der Waals surface area contributed by atoms with Crippen LogP contribution in [0.3, 0.4) is 0 Å². The van der Waals surface area contributed by atoms with Crippen molar-refractivity contribution in [2.75, 3.05) is 12.4 Å². The minimum atomic E-state index is 0.0621. The third-order valence-corrected chi connectivity index (χ3v) is 4.50. The van der Waals surface area contributed by atoms with Gasteiger partial charge in [-0.3, -0.25) is 4.79 Å². The number of hydrogen-bond acceptors (Lipinski definition) is 4. The fourth-order valence-corrected chi connectivity index (χ4v) is 3.20. The summed E-state index contributed by atoms with van der Waals surface area (Å²) in [4.78, 5) is 16.4. The Morgan fingerprint density at radius 1 is 1.12 bits per heavy atom. The van der Waals surface area contributed by atoms with Crippen LogP contribution < -0.4 is 14.8 Å². The number of para-hydroxylation sites is 2. The van der Waals surface area contributed by atoms with Crippen molar-refractivity contribution in [2.45, 2.75) is 38.5 Å². The molecule has 132 valence electrons. The smallest absolute Gasteiger partial charge is 0.224 e. The van der Waals surface area contributed by atoms with E-state index in [1.165, 1.54) is 19.3 Å². The van der Waals surface area contributed by atoms with Gasteiger partial charge in [0.1, 0.15) is 0 Å². The molecule has 1 aromatic heterocycles. The van der Waals surface area contributed by atoms with Gasteiger partial charge in [-0.05, 0) is 37.0 Å². The molecule has 3 rings (SSSR count). The van der Waals surface area contributed by atoms with Crippen LogP contribution in [0.25, 0.3) is 0 Å². The molecule has 1 amide bonds. The number of methoxy groups -OCH3 is 1. The zero-order valence-electron chi connectivity index (χ0n) is 14.5. The molecular formula is C20H24N2O3. The second kappa shape index (κ2) is 8.51. The Morgan fingerprint density at radius 3 is 2.56 bits per heavy atom. The van der Waals surface area contributed by atoms with Crippen molar-refractivity contribution in [3.05, 3.63) is 42.6 Å².